The molecule has 0 amide bonds. The highest BCUT2D eigenvalue weighted by molar-refractivity contribution is 5.15. The minimum Gasteiger partial charge on any atom is -0.314 e. The summed E-state index contributed by atoms with van der Waals surface area (Å²) in [6, 6.07) is 11.8. The quantitative estimate of drug-likeness (QED) is 0.827. The summed E-state index contributed by atoms with van der Waals surface area (Å²) in [5.41, 5.74) is 1.51. The van der Waals surface area contributed by atoms with Gasteiger partial charge in [-0.3, -0.25) is 0 Å². The van der Waals surface area contributed by atoms with Gasteiger partial charge in [0.25, 0.3) is 0 Å². The molecule has 1 aliphatic carbocycles. The highest BCUT2D eigenvalue weighted by atomic mass is 15.1. The second-order valence-electron chi connectivity index (χ2n) is 7.22. The van der Waals surface area contributed by atoms with Gasteiger partial charge in [-0.25, -0.2) is 0 Å². The van der Waals surface area contributed by atoms with Crippen molar-refractivity contribution in [2.45, 2.75) is 45.1 Å². The van der Waals surface area contributed by atoms with Crippen LogP contribution in [0.25, 0.3) is 0 Å². The van der Waals surface area contributed by atoms with E-state index in [9.17, 15) is 0 Å². The van der Waals surface area contributed by atoms with Gasteiger partial charge in [0.2, 0.25) is 0 Å². The van der Waals surface area contributed by atoms with Crippen molar-refractivity contribution in [3.8, 4) is 0 Å². The third kappa shape index (κ3) is 5.12. The summed E-state index contributed by atoms with van der Waals surface area (Å²) in [6.07, 6.45) is 6.82. The van der Waals surface area contributed by atoms with Crippen LogP contribution in [-0.2, 0) is 6.42 Å². The number of hydrogen-bond acceptors (Lipinski definition) is 2. The lowest BCUT2D eigenvalue weighted by atomic mass is 9.90. The average molecular weight is 286 g/mol. The van der Waals surface area contributed by atoms with Gasteiger partial charge in [-0.1, -0.05) is 37.3 Å². The molecule has 2 aliphatic rings. The van der Waals surface area contributed by atoms with Crippen LogP contribution in [0, 0.1) is 11.8 Å². The summed E-state index contributed by atoms with van der Waals surface area (Å²) >= 11 is 0. The molecule has 1 saturated carbocycles. The highest BCUT2D eigenvalue weighted by Crippen LogP contribution is 2.22. The fourth-order valence-electron chi connectivity index (χ4n) is 3.48. The van der Waals surface area contributed by atoms with E-state index in [1.54, 1.807) is 0 Å². The fraction of sp³-hybridized carbons (Fsp3) is 0.684. The monoisotopic (exact) mass is 286 g/mol. The molecule has 0 radical (unpaired) electrons. The minimum atomic E-state index is 0.788. The van der Waals surface area contributed by atoms with E-state index in [-0.39, 0.29) is 0 Å². The molecule has 2 nitrogen and oxygen atoms in total. The van der Waals surface area contributed by atoms with Crippen LogP contribution >= 0.6 is 0 Å². The third-order valence-corrected chi connectivity index (χ3v) is 4.98. The second-order valence-corrected chi connectivity index (χ2v) is 7.22. The molecule has 2 heteroatoms. The van der Waals surface area contributed by atoms with Crippen molar-refractivity contribution in [2.75, 3.05) is 26.2 Å². The predicted octanol–water partition coefficient (Wildman–Crippen LogP) is 3.33. The van der Waals surface area contributed by atoms with Crippen LogP contribution in [0.5, 0.6) is 0 Å². The van der Waals surface area contributed by atoms with Gasteiger partial charge in [-0.15, -0.1) is 0 Å². The van der Waals surface area contributed by atoms with Crippen molar-refractivity contribution >= 4 is 0 Å². The molecule has 1 aliphatic heterocycles. The Bertz CT molecular complexity index is 405. The van der Waals surface area contributed by atoms with Gasteiger partial charge in [0.15, 0.2) is 0 Å². The Hall–Kier alpha value is -0.860. The molecule has 1 N–H and O–H groups in total. The number of piperidine rings is 1. The Morgan fingerprint density at radius 1 is 1.10 bits per heavy atom. The predicted molar refractivity (Wildman–Crippen MR) is 89.5 cm³/mol. The van der Waals surface area contributed by atoms with E-state index >= 15 is 0 Å². The molecular weight excluding hydrogens is 256 g/mol. The maximum absolute atomic E-state index is 3.66. The van der Waals surface area contributed by atoms with Crippen LogP contribution in [0.2, 0.25) is 0 Å². The third-order valence-electron chi connectivity index (χ3n) is 4.98. The zero-order chi connectivity index (χ0) is 14.5. The van der Waals surface area contributed by atoms with Gasteiger partial charge >= 0.3 is 0 Å². The Balaban J connectivity index is 1.34. The standard InChI is InChI=1S/C19H30N2/c1-16(14-20-19-7-8-19)15-21-11-9-18(10-12-21)13-17-5-3-2-4-6-17/h2-6,16,18-20H,7-15H2,1H3. The van der Waals surface area contributed by atoms with Gasteiger partial charge in [-0.05, 0) is 69.1 Å². The number of likely N-dealkylation sites (tertiary alicyclic amines) is 1. The van der Waals surface area contributed by atoms with E-state index in [4.69, 9.17) is 0 Å². The van der Waals surface area contributed by atoms with E-state index in [1.165, 1.54) is 63.8 Å². The Morgan fingerprint density at radius 2 is 1.81 bits per heavy atom. The van der Waals surface area contributed by atoms with Crippen molar-refractivity contribution in [1.82, 2.24) is 10.2 Å². The van der Waals surface area contributed by atoms with Crippen LogP contribution in [0.3, 0.4) is 0 Å². The van der Waals surface area contributed by atoms with Crippen LogP contribution < -0.4 is 5.32 Å². The van der Waals surface area contributed by atoms with E-state index in [0.717, 1.165) is 17.9 Å². The molecule has 1 aromatic rings. The van der Waals surface area contributed by atoms with Crippen molar-refractivity contribution in [3.05, 3.63) is 35.9 Å². The molecule has 2 fully saturated rings. The molecule has 1 heterocycles. The second kappa shape index (κ2) is 7.42. The number of nitrogens with one attached hydrogen (secondary N) is 1. The largest absolute Gasteiger partial charge is 0.314 e. The molecular formula is C19H30N2. The molecule has 0 bridgehead atoms. The first kappa shape index (κ1) is 15.1. The van der Waals surface area contributed by atoms with Gasteiger partial charge in [0, 0.05) is 12.6 Å². The fourth-order valence-corrected chi connectivity index (χ4v) is 3.48. The number of benzene rings is 1. The molecule has 1 atom stereocenters. The number of nitrogens with zero attached hydrogens (tertiary/aromatic N) is 1. The van der Waals surface area contributed by atoms with E-state index < -0.39 is 0 Å². The topological polar surface area (TPSA) is 15.3 Å². The van der Waals surface area contributed by atoms with Gasteiger partial charge in [0.05, 0.1) is 0 Å². The highest BCUT2D eigenvalue weighted by Gasteiger charge is 2.23. The Kier molecular flexibility index (Phi) is 5.32. The summed E-state index contributed by atoms with van der Waals surface area (Å²) in [4.78, 5) is 2.68. The molecule has 0 aromatic heterocycles. The average Bonchev–Trinajstić information content (AvgIpc) is 3.33. The van der Waals surface area contributed by atoms with Crippen LogP contribution in [0.1, 0.15) is 38.2 Å². The van der Waals surface area contributed by atoms with Crippen molar-refractivity contribution < 1.29 is 0 Å². The lowest BCUT2D eigenvalue weighted by Crippen LogP contribution is -2.39. The SMILES string of the molecule is CC(CNC1CC1)CN1CCC(Cc2ccccc2)CC1. The first-order valence-corrected chi connectivity index (χ1v) is 8.79. The number of hydrogen-bond donors (Lipinski definition) is 1. The van der Waals surface area contributed by atoms with Gasteiger partial charge < -0.3 is 10.2 Å². The van der Waals surface area contributed by atoms with Gasteiger partial charge in [0.1, 0.15) is 0 Å². The van der Waals surface area contributed by atoms with Gasteiger partial charge in [-0.2, -0.15) is 0 Å². The molecule has 1 saturated heterocycles. The summed E-state index contributed by atoms with van der Waals surface area (Å²) in [7, 11) is 0. The molecule has 116 valence electrons. The molecule has 0 spiro atoms. The molecule has 21 heavy (non-hydrogen) atoms. The van der Waals surface area contributed by atoms with Crippen molar-refractivity contribution in [1.29, 1.82) is 0 Å². The summed E-state index contributed by atoms with van der Waals surface area (Å²) in [5, 5.41) is 3.66. The zero-order valence-electron chi connectivity index (χ0n) is 13.4. The lowest BCUT2D eigenvalue weighted by Gasteiger charge is -2.33. The van der Waals surface area contributed by atoms with E-state index in [2.05, 4.69) is 47.5 Å². The minimum absolute atomic E-state index is 0.788. The smallest absolute Gasteiger partial charge is 0.00683 e. The summed E-state index contributed by atoms with van der Waals surface area (Å²) in [6.45, 7) is 7.47. The summed E-state index contributed by atoms with van der Waals surface area (Å²) < 4.78 is 0. The number of rotatable bonds is 7. The maximum atomic E-state index is 3.66. The zero-order valence-corrected chi connectivity index (χ0v) is 13.4. The first-order valence-electron chi connectivity index (χ1n) is 8.79. The Labute approximate surface area is 129 Å². The summed E-state index contributed by atoms with van der Waals surface area (Å²) in [5.74, 6) is 1.68. The molecule has 3 rings (SSSR count). The normalized spacial score (nSPS) is 22.3. The van der Waals surface area contributed by atoms with E-state index in [1.807, 2.05) is 0 Å². The molecule has 1 unspecified atom stereocenters. The Morgan fingerprint density at radius 3 is 2.48 bits per heavy atom. The first-order chi connectivity index (χ1) is 10.3. The van der Waals surface area contributed by atoms with Crippen molar-refractivity contribution in [3.63, 3.8) is 0 Å². The lowest BCUT2D eigenvalue weighted by molar-refractivity contribution is 0.163. The van der Waals surface area contributed by atoms with E-state index in [0.29, 0.717) is 0 Å². The van der Waals surface area contributed by atoms with Crippen LogP contribution in [0.4, 0.5) is 0 Å². The maximum Gasteiger partial charge on any atom is 0.00683 e. The van der Waals surface area contributed by atoms with Crippen LogP contribution in [-0.4, -0.2) is 37.1 Å². The van der Waals surface area contributed by atoms with Crippen LogP contribution in [0.15, 0.2) is 30.3 Å². The molecule has 1 aromatic carbocycles. The van der Waals surface area contributed by atoms with Crippen molar-refractivity contribution in [2.24, 2.45) is 11.8 Å².